The van der Waals surface area contributed by atoms with Gasteiger partial charge in [0.2, 0.25) is 0 Å². The van der Waals surface area contributed by atoms with E-state index in [2.05, 4.69) is 282 Å². The van der Waals surface area contributed by atoms with Gasteiger partial charge < -0.3 is 14.7 Å². The van der Waals surface area contributed by atoms with Crippen LogP contribution in [0.5, 0.6) is 0 Å². The lowest BCUT2D eigenvalue weighted by molar-refractivity contribution is 0.245. The summed E-state index contributed by atoms with van der Waals surface area (Å²) in [5.41, 5.74) is 26.8. The number of hydrogen-bond acceptors (Lipinski definition) is 3. The van der Waals surface area contributed by atoms with Gasteiger partial charge in [-0.1, -0.05) is 193 Å². The predicted molar refractivity (Wildman–Crippen MR) is 323 cm³/mol. The molecule has 0 amide bonds. The molecule has 0 spiro atoms. The SMILES string of the molecule is Cc1cc2c3c(c1)N(c1ccc(C(C)(C)C)cc1-c1ccccc1)c1ccc(C(C)(C)C)cc1B3c1ccc(N3c4ccc(C(C)(C)C)cc4C4(C)CCc5ccccc5C34C)cc1N2c1ccc(C(C)(C)C)cc1. The average Bonchev–Trinajstić information content (AvgIpc) is 3.68. The number of hydrogen-bond donors (Lipinski definition) is 0. The van der Waals surface area contributed by atoms with E-state index in [1.54, 1.807) is 0 Å². The van der Waals surface area contributed by atoms with E-state index in [1.807, 2.05) is 0 Å². The molecule has 8 aromatic carbocycles. The highest BCUT2D eigenvalue weighted by atomic mass is 15.3. The Bertz CT molecular complexity index is 3600. The maximum Gasteiger partial charge on any atom is 0.252 e. The summed E-state index contributed by atoms with van der Waals surface area (Å²) in [4.78, 5) is 8.00. The van der Waals surface area contributed by atoms with Crippen LogP contribution in [0.2, 0.25) is 0 Å². The highest BCUT2D eigenvalue weighted by Gasteiger charge is 2.60. The van der Waals surface area contributed by atoms with E-state index < -0.39 is 0 Å². The van der Waals surface area contributed by atoms with Gasteiger partial charge >= 0.3 is 0 Å². The Hall–Kier alpha value is -6.78. The van der Waals surface area contributed by atoms with E-state index in [9.17, 15) is 0 Å². The van der Waals surface area contributed by atoms with Gasteiger partial charge in [-0.15, -0.1) is 0 Å². The molecule has 1 aliphatic carbocycles. The van der Waals surface area contributed by atoms with E-state index >= 15 is 0 Å². The molecule has 0 radical (unpaired) electrons. The fourth-order valence-corrected chi connectivity index (χ4v) is 13.6. The van der Waals surface area contributed by atoms with Gasteiger partial charge in [-0.3, -0.25) is 0 Å². The number of rotatable bonds is 4. The monoisotopic (exact) mass is 982 g/mol. The molecule has 4 heteroatoms. The Labute approximate surface area is 449 Å². The second-order valence-electron chi connectivity index (χ2n) is 27.1. The molecule has 2 unspecified atom stereocenters. The van der Waals surface area contributed by atoms with Crippen molar-refractivity contribution in [3.8, 4) is 11.1 Å². The van der Waals surface area contributed by atoms with Crippen molar-refractivity contribution in [2.75, 3.05) is 14.7 Å². The molecule has 2 atom stereocenters. The summed E-state index contributed by atoms with van der Waals surface area (Å²) >= 11 is 0. The quantitative estimate of drug-likeness (QED) is 0.163. The highest BCUT2D eigenvalue weighted by Crippen LogP contribution is 2.64. The third kappa shape index (κ3) is 7.50. The van der Waals surface area contributed by atoms with Crippen LogP contribution in [0, 0.1) is 6.92 Å². The zero-order valence-corrected chi connectivity index (χ0v) is 47.4. The topological polar surface area (TPSA) is 9.72 Å². The van der Waals surface area contributed by atoms with Crippen LogP contribution in [-0.4, -0.2) is 6.71 Å². The fraction of sp³-hybridized carbons (Fsp3) is 0.324. The van der Waals surface area contributed by atoms with E-state index in [0.717, 1.165) is 12.8 Å². The Morgan fingerprint density at radius 2 is 0.973 bits per heavy atom. The van der Waals surface area contributed by atoms with Crippen molar-refractivity contribution in [1.29, 1.82) is 0 Å². The molecule has 4 aliphatic rings. The minimum Gasteiger partial charge on any atom is -0.330 e. The Morgan fingerprint density at radius 1 is 0.427 bits per heavy atom. The lowest BCUT2D eigenvalue weighted by Gasteiger charge is -2.51. The van der Waals surface area contributed by atoms with Crippen LogP contribution in [0.1, 0.15) is 148 Å². The van der Waals surface area contributed by atoms with Gasteiger partial charge in [-0.05, 0) is 175 Å². The van der Waals surface area contributed by atoms with Gasteiger partial charge in [-0.25, -0.2) is 0 Å². The van der Waals surface area contributed by atoms with Gasteiger partial charge in [0.25, 0.3) is 6.71 Å². The summed E-state index contributed by atoms with van der Waals surface area (Å²) in [6.45, 7) is 35.5. The zero-order valence-electron chi connectivity index (χ0n) is 47.4. The minimum absolute atomic E-state index is 0.0153. The third-order valence-corrected chi connectivity index (χ3v) is 18.2. The summed E-state index contributed by atoms with van der Waals surface area (Å²) in [6, 6.07) is 64.4. The molecular formula is C71H76BN3. The van der Waals surface area contributed by atoms with E-state index in [1.165, 1.54) is 118 Å². The molecule has 378 valence electrons. The lowest BCUT2D eigenvalue weighted by atomic mass is 9.33. The molecule has 0 saturated carbocycles. The second kappa shape index (κ2) is 16.6. The zero-order chi connectivity index (χ0) is 52.9. The van der Waals surface area contributed by atoms with Crippen molar-refractivity contribution >= 4 is 68.6 Å². The molecule has 12 rings (SSSR count). The third-order valence-electron chi connectivity index (χ3n) is 18.2. The van der Waals surface area contributed by atoms with E-state index in [0.29, 0.717) is 0 Å². The van der Waals surface area contributed by atoms with E-state index in [4.69, 9.17) is 0 Å². The summed E-state index contributed by atoms with van der Waals surface area (Å²) in [5, 5.41) is 0. The Kier molecular flexibility index (Phi) is 10.9. The van der Waals surface area contributed by atoms with Crippen LogP contribution in [0.15, 0.2) is 164 Å². The second-order valence-corrected chi connectivity index (χ2v) is 27.1. The number of nitrogens with zero attached hydrogens (tertiary/aromatic N) is 3. The first kappa shape index (κ1) is 49.1. The molecule has 0 bridgehead atoms. The first-order chi connectivity index (χ1) is 35.4. The molecule has 0 aromatic heterocycles. The van der Waals surface area contributed by atoms with Crippen molar-refractivity contribution in [3.05, 3.63) is 208 Å². The number of anilines is 8. The van der Waals surface area contributed by atoms with E-state index in [-0.39, 0.29) is 39.3 Å². The van der Waals surface area contributed by atoms with Crippen LogP contribution in [-0.2, 0) is 39.0 Å². The molecular weight excluding hydrogens is 906 g/mol. The molecule has 0 N–H and O–H groups in total. The number of aryl methyl sites for hydroxylation is 2. The largest absolute Gasteiger partial charge is 0.330 e. The Balaban J connectivity index is 1.16. The highest BCUT2D eigenvalue weighted by molar-refractivity contribution is 7.00. The maximum absolute atomic E-state index is 2.76. The van der Waals surface area contributed by atoms with Crippen LogP contribution < -0.4 is 31.1 Å². The molecule has 75 heavy (non-hydrogen) atoms. The number of fused-ring (bicyclic) bond motifs is 9. The normalized spacial score (nSPS) is 18.8. The summed E-state index contributed by atoms with van der Waals surface area (Å²) in [6.07, 6.45) is 2.15. The van der Waals surface area contributed by atoms with Crippen LogP contribution >= 0.6 is 0 Å². The molecule has 0 fully saturated rings. The van der Waals surface area contributed by atoms with Gasteiger partial charge in [0.15, 0.2) is 0 Å². The molecule has 0 saturated heterocycles. The molecule has 8 aromatic rings. The van der Waals surface area contributed by atoms with Gasteiger partial charge in [0, 0.05) is 50.8 Å². The Morgan fingerprint density at radius 3 is 1.63 bits per heavy atom. The van der Waals surface area contributed by atoms with Crippen LogP contribution in [0.3, 0.4) is 0 Å². The van der Waals surface area contributed by atoms with Crippen LogP contribution in [0.4, 0.5) is 45.5 Å². The van der Waals surface area contributed by atoms with Gasteiger partial charge in [0.05, 0.1) is 11.2 Å². The van der Waals surface area contributed by atoms with Crippen molar-refractivity contribution in [3.63, 3.8) is 0 Å². The number of benzene rings is 8. The minimum atomic E-state index is -0.344. The molecule has 3 aliphatic heterocycles. The lowest BCUT2D eigenvalue weighted by Crippen LogP contribution is -2.61. The smallest absolute Gasteiger partial charge is 0.252 e. The first-order valence-electron chi connectivity index (χ1n) is 27.8. The summed E-state index contributed by atoms with van der Waals surface area (Å²) < 4.78 is 0. The van der Waals surface area contributed by atoms with Gasteiger partial charge in [0.1, 0.15) is 0 Å². The van der Waals surface area contributed by atoms with Crippen molar-refractivity contribution < 1.29 is 0 Å². The standard InChI is InChI=1S/C71H76BN3/c1-45-39-63-65-64(40-45)74(59-34-27-49(67(5,6)7)41-54(59)46-21-17-16-18-22-46)61-36-29-51(69(11,12)13)43-58(61)72(65)57-33-32-53(44-62(57)73(63)52-30-25-48(26-31-52)66(2,3)4)75-60-35-28-50(68(8,9)10)42-56(60)70(14)38-37-47-23-19-20-24-55(47)71(70,75)15/h16-36,39-44H,37-38H2,1-15H3. The van der Waals surface area contributed by atoms with Crippen LogP contribution in [0.25, 0.3) is 11.1 Å². The molecule has 3 heterocycles. The fourth-order valence-electron chi connectivity index (χ4n) is 13.6. The van der Waals surface area contributed by atoms with Crippen molar-refractivity contribution in [1.82, 2.24) is 0 Å². The van der Waals surface area contributed by atoms with Crippen molar-refractivity contribution in [2.45, 2.75) is 149 Å². The summed E-state index contributed by atoms with van der Waals surface area (Å²) in [7, 11) is 0. The predicted octanol–water partition coefficient (Wildman–Crippen LogP) is 17.2. The summed E-state index contributed by atoms with van der Waals surface area (Å²) in [5.74, 6) is 0. The average molecular weight is 982 g/mol. The molecule has 3 nitrogen and oxygen atoms in total. The maximum atomic E-state index is 2.76. The van der Waals surface area contributed by atoms with Crippen molar-refractivity contribution in [2.24, 2.45) is 0 Å². The first-order valence-corrected chi connectivity index (χ1v) is 27.8. The van der Waals surface area contributed by atoms with Gasteiger partial charge in [-0.2, -0.15) is 0 Å².